The minimum atomic E-state index is -0.0263. The van der Waals surface area contributed by atoms with E-state index in [0.717, 1.165) is 23.9 Å². The van der Waals surface area contributed by atoms with E-state index in [2.05, 4.69) is 22.5 Å². The number of hydrogen-bond acceptors (Lipinski definition) is 4. The van der Waals surface area contributed by atoms with E-state index in [1.807, 2.05) is 0 Å². The summed E-state index contributed by atoms with van der Waals surface area (Å²) in [7, 11) is 1.76. The fourth-order valence-corrected chi connectivity index (χ4v) is 3.10. The number of anilines is 1. The first kappa shape index (κ1) is 14.4. The molecule has 1 amide bonds. The van der Waals surface area contributed by atoms with Crippen molar-refractivity contribution in [1.82, 2.24) is 10.3 Å². The van der Waals surface area contributed by atoms with Crippen LogP contribution >= 0.6 is 23.7 Å². The Kier molecular flexibility index (Phi) is 5.36. The molecule has 0 aliphatic heterocycles. The molecule has 0 radical (unpaired) electrons. The molecule has 17 heavy (non-hydrogen) atoms. The zero-order chi connectivity index (χ0) is 11.5. The predicted octanol–water partition coefficient (Wildman–Crippen LogP) is 1.85. The maximum Gasteiger partial charge on any atom is 0.240 e. The van der Waals surface area contributed by atoms with Crippen LogP contribution in [0.3, 0.4) is 0 Å². The van der Waals surface area contributed by atoms with Crippen LogP contribution in [0.5, 0.6) is 0 Å². The van der Waals surface area contributed by atoms with Crippen LogP contribution in [0.15, 0.2) is 0 Å². The van der Waals surface area contributed by atoms with Gasteiger partial charge in [-0.15, -0.1) is 23.7 Å². The second-order valence-electron chi connectivity index (χ2n) is 4.32. The number of halogens is 1. The summed E-state index contributed by atoms with van der Waals surface area (Å²) in [4.78, 5) is 17.2. The normalized spacial score (nSPS) is 18.1. The van der Waals surface area contributed by atoms with E-state index in [0.29, 0.717) is 6.54 Å². The van der Waals surface area contributed by atoms with Crippen LogP contribution in [0, 0.1) is 5.92 Å². The van der Waals surface area contributed by atoms with Crippen LogP contribution in [-0.4, -0.2) is 24.5 Å². The molecule has 1 unspecified atom stereocenters. The number of nitrogens with one attached hydrogen (secondary N) is 2. The first-order chi connectivity index (χ1) is 7.69. The van der Waals surface area contributed by atoms with E-state index in [1.54, 1.807) is 18.4 Å². The number of carbonyl (C=O) groups is 1. The highest BCUT2D eigenvalue weighted by molar-refractivity contribution is 7.15. The first-order valence-corrected chi connectivity index (χ1v) is 6.43. The zero-order valence-electron chi connectivity index (χ0n) is 10.1. The Morgan fingerprint density at radius 2 is 2.35 bits per heavy atom. The van der Waals surface area contributed by atoms with Crippen LogP contribution < -0.4 is 10.6 Å². The van der Waals surface area contributed by atoms with Crippen molar-refractivity contribution >= 4 is 34.8 Å². The van der Waals surface area contributed by atoms with Gasteiger partial charge in [-0.05, 0) is 32.2 Å². The van der Waals surface area contributed by atoms with Gasteiger partial charge in [0.25, 0.3) is 0 Å². The summed E-state index contributed by atoms with van der Waals surface area (Å²) >= 11 is 1.62. The van der Waals surface area contributed by atoms with Gasteiger partial charge < -0.3 is 10.6 Å². The Bertz CT molecular complexity index is 394. The minimum Gasteiger partial charge on any atom is -0.311 e. The van der Waals surface area contributed by atoms with E-state index in [1.165, 1.54) is 17.0 Å². The topological polar surface area (TPSA) is 54.0 Å². The van der Waals surface area contributed by atoms with Gasteiger partial charge in [0.15, 0.2) is 5.13 Å². The molecule has 1 heterocycles. The lowest BCUT2D eigenvalue weighted by Crippen LogP contribution is -2.24. The van der Waals surface area contributed by atoms with Gasteiger partial charge in [0, 0.05) is 4.88 Å². The van der Waals surface area contributed by atoms with Crippen molar-refractivity contribution in [2.75, 3.05) is 18.9 Å². The number of thiazole rings is 1. The molecule has 1 aliphatic rings. The zero-order valence-corrected chi connectivity index (χ0v) is 11.7. The average molecular weight is 276 g/mol. The van der Waals surface area contributed by atoms with Crippen LogP contribution in [0.1, 0.15) is 23.9 Å². The lowest BCUT2D eigenvalue weighted by Gasteiger charge is -2.15. The molecule has 0 bridgehead atoms. The lowest BCUT2D eigenvalue weighted by molar-refractivity contribution is -0.115. The number of aromatic nitrogens is 1. The van der Waals surface area contributed by atoms with Crippen molar-refractivity contribution in [2.45, 2.75) is 26.2 Å². The molecule has 6 heteroatoms. The molecule has 1 aromatic heterocycles. The number of amides is 1. The highest BCUT2D eigenvalue weighted by Crippen LogP contribution is 2.31. The Hall–Kier alpha value is -0.650. The number of fused-ring (bicyclic) bond motifs is 1. The average Bonchev–Trinajstić information content (AvgIpc) is 2.59. The highest BCUT2D eigenvalue weighted by Gasteiger charge is 2.20. The third-order valence-corrected chi connectivity index (χ3v) is 3.81. The van der Waals surface area contributed by atoms with Gasteiger partial charge in [0.2, 0.25) is 5.91 Å². The SMILES string of the molecule is CNCC(=O)Nc1nc2c(s1)CC(C)CC2.Cl. The molecular formula is C11H18ClN3OS. The third kappa shape index (κ3) is 3.66. The van der Waals surface area contributed by atoms with Crippen molar-refractivity contribution < 1.29 is 4.79 Å². The number of nitrogens with zero attached hydrogens (tertiary/aromatic N) is 1. The predicted molar refractivity (Wildman–Crippen MR) is 73.1 cm³/mol. The smallest absolute Gasteiger partial charge is 0.240 e. The van der Waals surface area contributed by atoms with Crippen LogP contribution in [0.2, 0.25) is 0 Å². The van der Waals surface area contributed by atoms with Crippen molar-refractivity contribution in [3.05, 3.63) is 10.6 Å². The molecule has 0 saturated carbocycles. The number of aryl methyl sites for hydroxylation is 1. The van der Waals surface area contributed by atoms with Gasteiger partial charge in [-0.25, -0.2) is 4.98 Å². The Morgan fingerprint density at radius 3 is 3.06 bits per heavy atom. The van der Waals surface area contributed by atoms with Gasteiger partial charge in [-0.2, -0.15) is 0 Å². The molecule has 1 aromatic rings. The Labute approximate surface area is 112 Å². The summed E-state index contributed by atoms with van der Waals surface area (Å²) in [6.07, 6.45) is 3.37. The van der Waals surface area contributed by atoms with E-state index in [-0.39, 0.29) is 18.3 Å². The number of likely N-dealkylation sites (N-methyl/N-ethyl adjacent to an activating group) is 1. The standard InChI is InChI=1S/C11H17N3OS.ClH/c1-7-3-4-8-9(5-7)16-11(13-8)14-10(15)6-12-2;/h7,12H,3-6H2,1-2H3,(H,13,14,15);1H. The monoisotopic (exact) mass is 275 g/mol. The number of rotatable bonds is 3. The van der Waals surface area contributed by atoms with Gasteiger partial charge in [0.1, 0.15) is 0 Å². The maximum absolute atomic E-state index is 11.4. The second-order valence-corrected chi connectivity index (χ2v) is 5.40. The molecule has 0 aromatic carbocycles. The molecule has 2 rings (SSSR count). The summed E-state index contributed by atoms with van der Waals surface area (Å²) in [5.41, 5.74) is 1.18. The van der Waals surface area contributed by atoms with Gasteiger partial charge in [0.05, 0.1) is 12.2 Å². The minimum absolute atomic E-state index is 0. The molecule has 96 valence electrons. The quantitative estimate of drug-likeness (QED) is 0.885. The molecule has 1 atom stereocenters. The molecular weight excluding hydrogens is 258 g/mol. The summed E-state index contributed by atoms with van der Waals surface area (Å²) in [5, 5.41) is 6.39. The van der Waals surface area contributed by atoms with Crippen LogP contribution in [0.25, 0.3) is 0 Å². The summed E-state index contributed by atoms with van der Waals surface area (Å²) in [5.74, 6) is 0.718. The van der Waals surface area contributed by atoms with Crippen molar-refractivity contribution in [3.8, 4) is 0 Å². The fraction of sp³-hybridized carbons (Fsp3) is 0.636. The number of hydrogen-bond donors (Lipinski definition) is 2. The van der Waals surface area contributed by atoms with Gasteiger partial charge in [-0.1, -0.05) is 6.92 Å². The fourth-order valence-electron chi connectivity index (χ4n) is 1.92. The second kappa shape index (κ2) is 6.33. The molecule has 0 spiro atoms. The lowest BCUT2D eigenvalue weighted by atomic mass is 9.93. The Morgan fingerprint density at radius 1 is 1.59 bits per heavy atom. The molecule has 2 N–H and O–H groups in total. The molecule has 0 saturated heterocycles. The molecule has 0 fully saturated rings. The van der Waals surface area contributed by atoms with Crippen molar-refractivity contribution in [3.63, 3.8) is 0 Å². The van der Waals surface area contributed by atoms with Crippen molar-refractivity contribution in [2.24, 2.45) is 5.92 Å². The van der Waals surface area contributed by atoms with E-state index in [9.17, 15) is 4.79 Å². The first-order valence-electron chi connectivity index (χ1n) is 5.62. The summed E-state index contributed by atoms with van der Waals surface area (Å²) < 4.78 is 0. The molecule has 1 aliphatic carbocycles. The largest absolute Gasteiger partial charge is 0.311 e. The van der Waals surface area contributed by atoms with E-state index < -0.39 is 0 Å². The van der Waals surface area contributed by atoms with E-state index >= 15 is 0 Å². The number of carbonyl (C=O) groups excluding carboxylic acids is 1. The highest BCUT2D eigenvalue weighted by atomic mass is 35.5. The summed E-state index contributed by atoms with van der Waals surface area (Å²) in [6.45, 7) is 2.60. The van der Waals surface area contributed by atoms with Gasteiger partial charge in [-0.3, -0.25) is 4.79 Å². The Balaban J connectivity index is 0.00000144. The maximum atomic E-state index is 11.4. The van der Waals surface area contributed by atoms with Gasteiger partial charge >= 0.3 is 0 Å². The van der Waals surface area contributed by atoms with Crippen molar-refractivity contribution in [1.29, 1.82) is 0 Å². The van der Waals surface area contributed by atoms with E-state index in [4.69, 9.17) is 0 Å². The summed E-state index contributed by atoms with van der Waals surface area (Å²) in [6, 6.07) is 0. The third-order valence-electron chi connectivity index (χ3n) is 2.77. The van der Waals surface area contributed by atoms with Crippen LogP contribution in [-0.2, 0) is 17.6 Å². The molecule has 4 nitrogen and oxygen atoms in total. The van der Waals surface area contributed by atoms with Crippen LogP contribution in [0.4, 0.5) is 5.13 Å².